The molecular formula is C12H25N3O2. The van der Waals surface area contributed by atoms with Gasteiger partial charge < -0.3 is 20.7 Å². The Kier molecular flexibility index (Phi) is 6.47. The largest absolute Gasteiger partial charge is 0.385 e. The number of piperidine rings is 1. The summed E-state index contributed by atoms with van der Waals surface area (Å²) in [6.45, 7) is 5.80. The van der Waals surface area contributed by atoms with Crippen LogP contribution in [0.4, 0.5) is 0 Å². The predicted octanol–water partition coefficient (Wildman–Crippen LogP) is -0.0493. The minimum absolute atomic E-state index is 0.0509. The van der Waals surface area contributed by atoms with Gasteiger partial charge in [-0.3, -0.25) is 4.79 Å². The molecular weight excluding hydrogens is 218 g/mol. The molecule has 0 aliphatic carbocycles. The van der Waals surface area contributed by atoms with E-state index >= 15 is 0 Å². The molecule has 1 amide bonds. The third-order valence-electron chi connectivity index (χ3n) is 3.27. The van der Waals surface area contributed by atoms with Crippen LogP contribution in [-0.4, -0.2) is 56.2 Å². The van der Waals surface area contributed by atoms with Crippen LogP contribution in [0.25, 0.3) is 0 Å². The topological polar surface area (TPSA) is 67.6 Å². The molecule has 5 heteroatoms. The average Bonchev–Trinajstić information content (AvgIpc) is 2.36. The molecule has 0 aromatic heterocycles. The summed E-state index contributed by atoms with van der Waals surface area (Å²) in [6.07, 6.45) is 2.78. The van der Waals surface area contributed by atoms with Crippen LogP contribution in [-0.2, 0) is 9.53 Å². The number of rotatable bonds is 6. The monoisotopic (exact) mass is 243 g/mol. The molecule has 1 heterocycles. The van der Waals surface area contributed by atoms with Gasteiger partial charge in [0.15, 0.2) is 0 Å². The molecule has 0 saturated carbocycles. The highest BCUT2D eigenvalue weighted by molar-refractivity contribution is 5.81. The molecule has 0 bridgehead atoms. The van der Waals surface area contributed by atoms with Crippen molar-refractivity contribution >= 4 is 5.91 Å². The van der Waals surface area contributed by atoms with Crippen LogP contribution in [0.3, 0.4) is 0 Å². The van der Waals surface area contributed by atoms with E-state index in [1.165, 1.54) is 0 Å². The first-order valence-electron chi connectivity index (χ1n) is 6.44. The zero-order valence-electron chi connectivity index (χ0n) is 10.9. The Morgan fingerprint density at radius 3 is 3.06 bits per heavy atom. The summed E-state index contributed by atoms with van der Waals surface area (Å²) in [5, 5.41) is 3.03. The highest BCUT2D eigenvalue weighted by atomic mass is 16.5. The molecule has 100 valence electrons. The van der Waals surface area contributed by atoms with Gasteiger partial charge in [0.05, 0.1) is 6.04 Å². The summed E-state index contributed by atoms with van der Waals surface area (Å²) in [7, 11) is 1.62. The third-order valence-corrected chi connectivity index (χ3v) is 3.27. The highest BCUT2D eigenvalue weighted by Gasteiger charge is 2.22. The Bertz CT molecular complexity index is 236. The maximum atomic E-state index is 11.8. The van der Waals surface area contributed by atoms with E-state index in [4.69, 9.17) is 10.5 Å². The Morgan fingerprint density at radius 1 is 1.65 bits per heavy atom. The summed E-state index contributed by atoms with van der Waals surface area (Å²) >= 11 is 0. The van der Waals surface area contributed by atoms with Gasteiger partial charge in [0, 0.05) is 26.3 Å². The second-order valence-electron chi connectivity index (χ2n) is 4.63. The van der Waals surface area contributed by atoms with Crippen molar-refractivity contribution in [3.63, 3.8) is 0 Å². The second kappa shape index (κ2) is 7.63. The van der Waals surface area contributed by atoms with Crippen molar-refractivity contribution in [3.8, 4) is 0 Å². The zero-order valence-corrected chi connectivity index (χ0v) is 10.9. The molecule has 1 aliphatic heterocycles. The molecule has 1 aliphatic rings. The molecule has 1 rings (SSSR count). The minimum Gasteiger partial charge on any atom is -0.385 e. The number of carbonyl (C=O) groups is 1. The Labute approximate surface area is 104 Å². The zero-order chi connectivity index (χ0) is 12.7. The maximum Gasteiger partial charge on any atom is 0.237 e. The van der Waals surface area contributed by atoms with Crippen LogP contribution in [0.1, 0.15) is 26.2 Å². The summed E-state index contributed by atoms with van der Waals surface area (Å²) in [5.41, 5.74) is 5.78. The fourth-order valence-corrected chi connectivity index (χ4v) is 2.14. The SMILES string of the molecule is CCN1CCCC(NC(=O)C(N)CCOC)C1. The number of nitrogens with one attached hydrogen (secondary N) is 1. The number of likely N-dealkylation sites (N-methyl/N-ethyl adjacent to an activating group) is 1. The van der Waals surface area contributed by atoms with E-state index in [1.807, 2.05) is 0 Å². The summed E-state index contributed by atoms with van der Waals surface area (Å²) in [6, 6.07) is -0.197. The first-order chi connectivity index (χ1) is 8.17. The summed E-state index contributed by atoms with van der Waals surface area (Å²) in [5.74, 6) is -0.0509. The molecule has 5 nitrogen and oxygen atoms in total. The van der Waals surface area contributed by atoms with E-state index in [0.717, 1.165) is 32.5 Å². The lowest BCUT2D eigenvalue weighted by Crippen LogP contribution is -2.52. The number of methoxy groups -OCH3 is 1. The number of nitrogens with zero attached hydrogens (tertiary/aromatic N) is 1. The Balaban J connectivity index is 2.29. The van der Waals surface area contributed by atoms with Crippen molar-refractivity contribution < 1.29 is 9.53 Å². The standard InChI is InChI=1S/C12H25N3O2/c1-3-15-7-4-5-10(9-15)14-12(16)11(13)6-8-17-2/h10-11H,3-9,13H2,1-2H3,(H,14,16). The van der Waals surface area contributed by atoms with Gasteiger partial charge in [0.2, 0.25) is 5.91 Å². The molecule has 0 spiro atoms. The molecule has 0 aromatic rings. The van der Waals surface area contributed by atoms with E-state index in [2.05, 4.69) is 17.1 Å². The number of ether oxygens (including phenoxy) is 1. The fraction of sp³-hybridized carbons (Fsp3) is 0.917. The van der Waals surface area contributed by atoms with Gasteiger partial charge >= 0.3 is 0 Å². The van der Waals surface area contributed by atoms with Gasteiger partial charge in [-0.1, -0.05) is 6.92 Å². The van der Waals surface area contributed by atoms with Gasteiger partial charge in [0.25, 0.3) is 0 Å². The van der Waals surface area contributed by atoms with Crippen molar-refractivity contribution in [1.29, 1.82) is 0 Å². The molecule has 17 heavy (non-hydrogen) atoms. The van der Waals surface area contributed by atoms with E-state index in [0.29, 0.717) is 13.0 Å². The number of hydrogen-bond donors (Lipinski definition) is 2. The van der Waals surface area contributed by atoms with Gasteiger partial charge in [-0.15, -0.1) is 0 Å². The van der Waals surface area contributed by atoms with Crippen molar-refractivity contribution in [3.05, 3.63) is 0 Å². The van der Waals surface area contributed by atoms with E-state index in [-0.39, 0.29) is 11.9 Å². The normalized spacial score (nSPS) is 23.4. The lowest BCUT2D eigenvalue weighted by atomic mass is 10.0. The van der Waals surface area contributed by atoms with Crippen LogP contribution in [0.2, 0.25) is 0 Å². The van der Waals surface area contributed by atoms with Crippen molar-refractivity contribution in [2.24, 2.45) is 5.73 Å². The van der Waals surface area contributed by atoms with Gasteiger partial charge in [-0.2, -0.15) is 0 Å². The quantitative estimate of drug-likeness (QED) is 0.686. The van der Waals surface area contributed by atoms with E-state index in [9.17, 15) is 4.79 Å². The first kappa shape index (κ1) is 14.4. The fourth-order valence-electron chi connectivity index (χ4n) is 2.14. The number of carbonyl (C=O) groups excluding carboxylic acids is 1. The second-order valence-corrected chi connectivity index (χ2v) is 4.63. The molecule has 2 atom stereocenters. The molecule has 1 saturated heterocycles. The van der Waals surface area contributed by atoms with Gasteiger partial charge in [-0.25, -0.2) is 0 Å². The van der Waals surface area contributed by atoms with E-state index in [1.54, 1.807) is 7.11 Å². The lowest BCUT2D eigenvalue weighted by Gasteiger charge is -2.32. The molecule has 0 radical (unpaired) electrons. The van der Waals surface area contributed by atoms with Crippen LogP contribution in [0, 0.1) is 0 Å². The molecule has 2 unspecified atom stereocenters. The highest BCUT2D eigenvalue weighted by Crippen LogP contribution is 2.09. The third kappa shape index (κ3) is 5.02. The maximum absolute atomic E-state index is 11.8. The lowest BCUT2D eigenvalue weighted by molar-refractivity contribution is -0.123. The minimum atomic E-state index is -0.452. The van der Waals surface area contributed by atoms with Crippen molar-refractivity contribution in [2.45, 2.75) is 38.3 Å². The Hall–Kier alpha value is -0.650. The number of amides is 1. The van der Waals surface area contributed by atoms with Crippen LogP contribution < -0.4 is 11.1 Å². The Morgan fingerprint density at radius 2 is 2.41 bits per heavy atom. The van der Waals surface area contributed by atoms with E-state index < -0.39 is 6.04 Å². The molecule has 3 N–H and O–H groups in total. The first-order valence-corrected chi connectivity index (χ1v) is 6.44. The molecule has 1 fully saturated rings. The van der Waals surface area contributed by atoms with Gasteiger partial charge in [-0.05, 0) is 32.4 Å². The van der Waals surface area contributed by atoms with Crippen LogP contribution >= 0.6 is 0 Å². The smallest absolute Gasteiger partial charge is 0.237 e. The number of hydrogen-bond acceptors (Lipinski definition) is 4. The number of nitrogens with two attached hydrogens (primary N) is 1. The average molecular weight is 243 g/mol. The summed E-state index contributed by atoms with van der Waals surface area (Å²) < 4.78 is 4.92. The number of likely N-dealkylation sites (tertiary alicyclic amines) is 1. The van der Waals surface area contributed by atoms with Crippen LogP contribution in [0.5, 0.6) is 0 Å². The van der Waals surface area contributed by atoms with Crippen molar-refractivity contribution in [1.82, 2.24) is 10.2 Å². The molecule has 0 aromatic carbocycles. The van der Waals surface area contributed by atoms with Crippen LogP contribution in [0.15, 0.2) is 0 Å². The van der Waals surface area contributed by atoms with Crippen molar-refractivity contribution in [2.75, 3.05) is 33.4 Å². The predicted molar refractivity (Wildman–Crippen MR) is 67.7 cm³/mol. The van der Waals surface area contributed by atoms with Gasteiger partial charge in [0.1, 0.15) is 0 Å². The summed E-state index contributed by atoms with van der Waals surface area (Å²) in [4.78, 5) is 14.2.